The molecule has 0 unspecified atom stereocenters. The number of hydrogen-bond donors (Lipinski definition) is 0. The Kier molecular flexibility index (Phi) is 4.17. The van der Waals surface area contributed by atoms with Crippen LogP contribution in [0.3, 0.4) is 0 Å². The lowest BCUT2D eigenvalue weighted by Gasteiger charge is -2.24. The molecule has 2 aliphatic rings. The van der Waals surface area contributed by atoms with Gasteiger partial charge in [0.25, 0.3) is 0 Å². The molecule has 6 aromatic rings. The first-order valence-electron chi connectivity index (χ1n) is 13.7. The Morgan fingerprint density at radius 3 is 1.84 bits per heavy atom. The van der Waals surface area contributed by atoms with Crippen LogP contribution in [0, 0.1) is 0 Å². The molecule has 0 saturated carbocycles. The third-order valence-electron chi connectivity index (χ3n) is 9.44. The third kappa shape index (κ3) is 2.70. The topological polar surface area (TPSA) is 0 Å². The number of fused-ring (bicyclic) bond motifs is 9. The van der Waals surface area contributed by atoms with Gasteiger partial charge in [0.15, 0.2) is 0 Å². The molecule has 0 bridgehead atoms. The summed E-state index contributed by atoms with van der Waals surface area (Å²) in [4.78, 5) is 0. The zero-order chi connectivity index (χ0) is 25.8. The van der Waals surface area contributed by atoms with Gasteiger partial charge < -0.3 is 0 Å². The zero-order valence-electron chi connectivity index (χ0n) is 22.4. The highest BCUT2D eigenvalue weighted by Crippen LogP contribution is 2.58. The van der Waals surface area contributed by atoms with Gasteiger partial charge in [0.2, 0.25) is 0 Å². The minimum absolute atomic E-state index is 0.00527. The average molecular weight is 487 g/mol. The molecular formula is C38H30. The van der Waals surface area contributed by atoms with Gasteiger partial charge in [0, 0.05) is 10.8 Å². The fourth-order valence-corrected chi connectivity index (χ4v) is 7.37. The van der Waals surface area contributed by atoms with Crippen LogP contribution < -0.4 is 0 Å². The molecule has 8 rings (SSSR count). The minimum Gasteiger partial charge on any atom is -0.0619 e. The van der Waals surface area contributed by atoms with Crippen molar-refractivity contribution < 1.29 is 0 Å². The van der Waals surface area contributed by atoms with Crippen LogP contribution in [-0.2, 0) is 10.8 Å². The molecule has 0 amide bonds. The van der Waals surface area contributed by atoms with Crippen molar-refractivity contribution in [2.45, 2.75) is 38.5 Å². The van der Waals surface area contributed by atoms with E-state index in [1.54, 1.807) is 0 Å². The molecule has 182 valence electrons. The van der Waals surface area contributed by atoms with Gasteiger partial charge in [0.05, 0.1) is 0 Å². The summed E-state index contributed by atoms with van der Waals surface area (Å²) in [6.07, 6.45) is 0. The molecule has 38 heavy (non-hydrogen) atoms. The van der Waals surface area contributed by atoms with Crippen LogP contribution >= 0.6 is 0 Å². The molecule has 0 fully saturated rings. The lowest BCUT2D eigenvalue weighted by Crippen LogP contribution is -2.17. The fourth-order valence-electron chi connectivity index (χ4n) is 7.37. The van der Waals surface area contributed by atoms with Crippen LogP contribution in [0.1, 0.15) is 49.9 Å². The Labute approximate surface area is 224 Å². The second-order valence-electron chi connectivity index (χ2n) is 12.2. The predicted molar refractivity (Wildman–Crippen MR) is 162 cm³/mol. The molecule has 2 aliphatic carbocycles. The van der Waals surface area contributed by atoms with E-state index in [1.807, 2.05) is 0 Å². The highest BCUT2D eigenvalue weighted by molar-refractivity contribution is 6.10. The first-order chi connectivity index (χ1) is 18.4. The van der Waals surface area contributed by atoms with Crippen LogP contribution in [0.25, 0.3) is 54.9 Å². The second kappa shape index (κ2) is 7.23. The van der Waals surface area contributed by atoms with Gasteiger partial charge >= 0.3 is 0 Å². The molecule has 0 spiro atoms. The van der Waals surface area contributed by atoms with Crippen LogP contribution in [-0.4, -0.2) is 0 Å². The SMILES string of the molecule is CC1(C)c2ccccc2-c2cc3c(cc21)-c1c(cc(-c2ccc4ccccc4c2)c2ccccc12)C3(C)C. The molecule has 0 aromatic heterocycles. The van der Waals surface area contributed by atoms with E-state index in [-0.39, 0.29) is 10.8 Å². The van der Waals surface area contributed by atoms with E-state index in [0.717, 1.165) is 0 Å². The molecule has 0 radical (unpaired) electrons. The monoisotopic (exact) mass is 486 g/mol. The van der Waals surface area contributed by atoms with Crippen molar-refractivity contribution in [3.63, 3.8) is 0 Å². The minimum atomic E-state index is -0.0863. The van der Waals surface area contributed by atoms with Crippen molar-refractivity contribution in [2.24, 2.45) is 0 Å². The Morgan fingerprint density at radius 1 is 0.395 bits per heavy atom. The highest BCUT2D eigenvalue weighted by Gasteiger charge is 2.42. The van der Waals surface area contributed by atoms with Crippen LogP contribution in [0.5, 0.6) is 0 Å². The molecule has 0 N–H and O–H groups in total. The summed E-state index contributed by atoms with van der Waals surface area (Å²) in [7, 11) is 0. The Bertz CT molecular complexity index is 1970. The molecule has 6 aromatic carbocycles. The van der Waals surface area contributed by atoms with Crippen molar-refractivity contribution in [1.82, 2.24) is 0 Å². The van der Waals surface area contributed by atoms with E-state index < -0.39 is 0 Å². The van der Waals surface area contributed by atoms with Gasteiger partial charge in [-0.25, -0.2) is 0 Å². The normalized spacial score (nSPS) is 15.8. The van der Waals surface area contributed by atoms with E-state index in [1.165, 1.54) is 77.2 Å². The van der Waals surface area contributed by atoms with Gasteiger partial charge in [-0.05, 0) is 101 Å². The second-order valence-corrected chi connectivity index (χ2v) is 12.2. The van der Waals surface area contributed by atoms with Crippen molar-refractivity contribution in [3.8, 4) is 33.4 Å². The Hall–Kier alpha value is -4.16. The van der Waals surface area contributed by atoms with Gasteiger partial charge in [0.1, 0.15) is 0 Å². The zero-order valence-corrected chi connectivity index (χ0v) is 22.4. The molecule has 0 saturated heterocycles. The first kappa shape index (κ1) is 21.9. The lowest BCUT2D eigenvalue weighted by molar-refractivity contribution is 0.652. The maximum Gasteiger partial charge on any atom is 0.0159 e. The summed E-state index contributed by atoms with van der Waals surface area (Å²) < 4.78 is 0. The number of hydrogen-bond acceptors (Lipinski definition) is 0. The molecule has 0 heterocycles. The van der Waals surface area contributed by atoms with Crippen molar-refractivity contribution in [3.05, 3.63) is 131 Å². The van der Waals surface area contributed by atoms with Crippen molar-refractivity contribution in [1.29, 1.82) is 0 Å². The predicted octanol–water partition coefficient (Wildman–Crippen LogP) is 10.3. The van der Waals surface area contributed by atoms with Crippen LogP contribution in [0.15, 0.2) is 109 Å². The maximum atomic E-state index is 2.53. The molecular weight excluding hydrogens is 456 g/mol. The third-order valence-corrected chi connectivity index (χ3v) is 9.44. The average Bonchev–Trinajstić information content (AvgIpc) is 3.31. The smallest absolute Gasteiger partial charge is 0.0159 e. The van der Waals surface area contributed by atoms with E-state index in [4.69, 9.17) is 0 Å². The van der Waals surface area contributed by atoms with E-state index in [0.29, 0.717) is 0 Å². The molecule has 0 nitrogen and oxygen atoms in total. The van der Waals surface area contributed by atoms with E-state index >= 15 is 0 Å². The van der Waals surface area contributed by atoms with Gasteiger partial charge in [-0.2, -0.15) is 0 Å². The molecule has 0 atom stereocenters. The van der Waals surface area contributed by atoms with Crippen LogP contribution in [0.2, 0.25) is 0 Å². The quantitative estimate of drug-likeness (QED) is 0.217. The van der Waals surface area contributed by atoms with Crippen molar-refractivity contribution in [2.75, 3.05) is 0 Å². The van der Waals surface area contributed by atoms with E-state index in [9.17, 15) is 0 Å². The maximum absolute atomic E-state index is 2.53. The van der Waals surface area contributed by atoms with E-state index in [2.05, 4.69) is 137 Å². The molecule has 0 heteroatoms. The van der Waals surface area contributed by atoms with Gasteiger partial charge in [-0.3, -0.25) is 0 Å². The fraction of sp³-hybridized carbons (Fsp3) is 0.158. The highest BCUT2D eigenvalue weighted by atomic mass is 14.4. The number of rotatable bonds is 1. The first-order valence-corrected chi connectivity index (χ1v) is 13.7. The van der Waals surface area contributed by atoms with Crippen molar-refractivity contribution >= 4 is 21.5 Å². The summed E-state index contributed by atoms with van der Waals surface area (Å²) in [6, 6.07) is 41.1. The largest absolute Gasteiger partial charge is 0.0619 e. The summed E-state index contributed by atoms with van der Waals surface area (Å²) in [5.74, 6) is 0. The summed E-state index contributed by atoms with van der Waals surface area (Å²) in [5.41, 5.74) is 13.9. The van der Waals surface area contributed by atoms with Crippen LogP contribution in [0.4, 0.5) is 0 Å². The Morgan fingerprint density at radius 2 is 1.00 bits per heavy atom. The summed E-state index contributed by atoms with van der Waals surface area (Å²) in [6.45, 7) is 9.59. The molecule has 0 aliphatic heterocycles. The standard InChI is InChI=1S/C38H30/c1-37(2)32-16-10-9-14-27(32)30-21-34-31(22-33(30)37)36-28-15-8-7-13-26(28)29(20-35(36)38(34,3)4)25-18-17-23-11-5-6-12-24(23)19-25/h5-22H,1-4H3. The van der Waals surface area contributed by atoms with Gasteiger partial charge in [-0.1, -0.05) is 113 Å². The lowest BCUT2D eigenvalue weighted by atomic mass is 9.79. The Balaban J connectivity index is 1.43. The van der Waals surface area contributed by atoms with Gasteiger partial charge in [-0.15, -0.1) is 0 Å². The summed E-state index contributed by atoms with van der Waals surface area (Å²) >= 11 is 0. The number of benzene rings is 6. The summed E-state index contributed by atoms with van der Waals surface area (Å²) in [5, 5.41) is 5.25.